The Morgan fingerprint density at radius 2 is 1.60 bits per heavy atom. The smallest absolute Gasteiger partial charge is 0.237 e. The second-order valence-electron chi connectivity index (χ2n) is 3.48. The fourth-order valence-corrected chi connectivity index (χ4v) is 1.31. The van der Waals surface area contributed by atoms with Crippen molar-refractivity contribution >= 4 is 17.7 Å². The van der Waals surface area contributed by atoms with E-state index < -0.39 is 11.8 Å². The highest BCUT2D eigenvalue weighted by molar-refractivity contribution is 5.89. The molecule has 0 spiro atoms. The first-order chi connectivity index (χ1) is 7.00. The van der Waals surface area contributed by atoms with E-state index in [1.54, 1.807) is 0 Å². The van der Waals surface area contributed by atoms with E-state index in [0.29, 0.717) is 13.1 Å². The van der Waals surface area contributed by atoms with Gasteiger partial charge in [0.15, 0.2) is 0 Å². The van der Waals surface area contributed by atoms with E-state index in [2.05, 4.69) is 5.32 Å². The lowest BCUT2D eigenvalue weighted by Crippen LogP contribution is -2.54. The van der Waals surface area contributed by atoms with Gasteiger partial charge in [0.2, 0.25) is 17.7 Å². The molecule has 3 amide bonds. The molecule has 15 heavy (non-hydrogen) atoms. The minimum absolute atomic E-state index is 0.177. The molecule has 0 aromatic rings. The fourth-order valence-electron chi connectivity index (χ4n) is 1.31. The number of primary amides is 2. The second-order valence-corrected chi connectivity index (χ2v) is 3.48. The molecule has 1 rings (SSSR count). The van der Waals surface area contributed by atoms with Crippen molar-refractivity contribution in [2.45, 2.75) is 0 Å². The molecule has 7 heteroatoms. The van der Waals surface area contributed by atoms with Gasteiger partial charge in [-0.05, 0) is 0 Å². The quantitative estimate of drug-likeness (QED) is 0.452. The van der Waals surface area contributed by atoms with Crippen LogP contribution < -0.4 is 16.8 Å². The van der Waals surface area contributed by atoms with Crippen molar-refractivity contribution in [3.05, 3.63) is 0 Å². The zero-order valence-electron chi connectivity index (χ0n) is 8.23. The van der Waals surface area contributed by atoms with Crippen LogP contribution in [0.15, 0.2) is 0 Å². The van der Waals surface area contributed by atoms with Crippen molar-refractivity contribution in [2.24, 2.45) is 17.4 Å². The van der Waals surface area contributed by atoms with E-state index in [4.69, 9.17) is 11.5 Å². The molecule has 84 valence electrons. The van der Waals surface area contributed by atoms with Gasteiger partial charge in [-0.1, -0.05) is 0 Å². The predicted molar refractivity (Wildman–Crippen MR) is 51.3 cm³/mol. The minimum atomic E-state index is -0.656. The first kappa shape index (κ1) is 11.4. The molecule has 0 radical (unpaired) electrons. The molecule has 0 aromatic carbocycles. The number of amides is 3. The van der Waals surface area contributed by atoms with Crippen molar-refractivity contribution < 1.29 is 14.4 Å². The number of nitrogens with two attached hydrogens (primary N) is 2. The number of rotatable bonds is 5. The zero-order valence-corrected chi connectivity index (χ0v) is 8.23. The summed E-state index contributed by atoms with van der Waals surface area (Å²) in [5, 5.41) is 2.92. The van der Waals surface area contributed by atoms with E-state index in [9.17, 15) is 14.4 Å². The topological polar surface area (TPSA) is 119 Å². The summed E-state index contributed by atoms with van der Waals surface area (Å²) < 4.78 is 0. The van der Waals surface area contributed by atoms with Gasteiger partial charge in [0, 0.05) is 13.1 Å². The summed E-state index contributed by atoms with van der Waals surface area (Å²) in [6.45, 7) is 0.594. The van der Waals surface area contributed by atoms with Crippen molar-refractivity contribution in [3.63, 3.8) is 0 Å². The Hall–Kier alpha value is -1.63. The van der Waals surface area contributed by atoms with Gasteiger partial charge in [-0.15, -0.1) is 0 Å². The standard InChI is InChI=1S/C8H14N4O3/c9-6(13)3-12(4-7(10)14)8(15)5-1-11-2-5/h5,11H,1-4H2,(H2,9,13)(H2,10,14). The maximum atomic E-state index is 11.7. The highest BCUT2D eigenvalue weighted by Crippen LogP contribution is 2.07. The number of hydrogen-bond donors (Lipinski definition) is 3. The lowest BCUT2D eigenvalue weighted by Gasteiger charge is -2.31. The Morgan fingerprint density at radius 1 is 1.13 bits per heavy atom. The lowest BCUT2D eigenvalue weighted by molar-refractivity contribution is -0.142. The summed E-state index contributed by atoms with van der Waals surface area (Å²) in [7, 11) is 0. The number of nitrogens with zero attached hydrogens (tertiary/aromatic N) is 1. The average molecular weight is 214 g/mol. The van der Waals surface area contributed by atoms with Crippen LogP contribution in [0.25, 0.3) is 0 Å². The van der Waals surface area contributed by atoms with E-state index >= 15 is 0 Å². The summed E-state index contributed by atoms with van der Waals surface area (Å²) in [4.78, 5) is 34.1. The first-order valence-corrected chi connectivity index (χ1v) is 4.57. The van der Waals surface area contributed by atoms with Crippen LogP contribution in [0, 0.1) is 5.92 Å². The Labute approximate surface area is 86.8 Å². The molecule has 7 nitrogen and oxygen atoms in total. The van der Waals surface area contributed by atoms with Crippen LogP contribution in [0.3, 0.4) is 0 Å². The molecule has 1 aliphatic rings. The van der Waals surface area contributed by atoms with Crippen molar-refractivity contribution in [1.29, 1.82) is 0 Å². The van der Waals surface area contributed by atoms with Crippen LogP contribution in [0.4, 0.5) is 0 Å². The average Bonchev–Trinajstić information content (AvgIpc) is 1.97. The van der Waals surface area contributed by atoms with Crippen LogP contribution in [0.1, 0.15) is 0 Å². The molecule has 0 aliphatic carbocycles. The molecular weight excluding hydrogens is 200 g/mol. The SMILES string of the molecule is NC(=O)CN(CC(N)=O)C(=O)C1CNC1. The molecule has 1 heterocycles. The maximum Gasteiger partial charge on any atom is 0.237 e. The summed E-state index contributed by atoms with van der Waals surface area (Å²) in [5.74, 6) is -1.75. The molecule has 0 bridgehead atoms. The van der Waals surface area contributed by atoms with E-state index in [1.807, 2.05) is 0 Å². The number of nitrogens with one attached hydrogen (secondary N) is 1. The van der Waals surface area contributed by atoms with Crippen LogP contribution in [-0.4, -0.2) is 48.8 Å². The van der Waals surface area contributed by atoms with Crippen LogP contribution in [0.2, 0.25) is 0 Å². The van der Waals surface area contributed by atoms with Gasteiger partial charge in [-0.25, -0.2) is 0 Å². The zero-order chi connectivity index (χ0) is 11.4. The minimum Gasteiger partial charge on any atom is -0.368 e. The van der Waals surface area contributed by atoms with Crippen LogP contribution in [0.5, 0.6) is 0 Å². The summed E-state index contributed by atoms with van der Waals surface area (Å²) in [6.07, 6.45) is 0. The lowest BCUT2D eigenvalue weighted by atomic mass is 10.0. The molecule has 5 N–H and O–H groups in total. The van der Waals surface area contributed by atoms with Gasteiger partial charge in [0.25, 0.3) is 0 Å². The molecule has 1 fully saturated rings. The molecule has 1 aliphatic heterocycles. The number of carbonyl (C=O) groups is 3. The Balaban J connectivity index is 2.56. The molecule has 1 saturated heterocycles. The normalized spacial score (nSPS) is 15.5. The van der Waals surface area contributed by atoms with Gasteiger partial charge < -0.3 is 21.7 Å². The van der Waals surface area contributed by atoms with Gasteiger partial charge >= 0.3 is 0 Å². The number of carbonyl (C=O) groups excluding carboxylic acids is 3. The van der Waals surface area contributed by atoms with Gasteiger partial charge in [0.05, 0.1) is 19.0 Å². The molecule has 0 atom stereocenters. The maximum absolute atomic E-state index is 11.7. The summed E-state index contributed by atoms with van der Waals surface area (Å²) >= 11 is 0. The highest BCUT2D eigenvalue weighted by Gasteiger charge is 2.30. The summed E-state index contributed by atoms with van der Waals surface area (Å²) in [6, 6.07) is 0. The molecule has 0 aromatic heterocycles. The predicted octanol–water partition coefficient (Wildman–Crippen LogP) is -2.99. The van der Waals surface area contributed by atoms with E-state index in [1.165, 1.54) is 0 Å². The largest absolute Gasteiger partial charge is 0.368 e. The van der Waals surface area contributed by atoms with Gasteiger partial charge in [0.1, 0.15) is 0 Å². The third-order valence-electron chi connectivity index (χ3n) is 2.14. The van der Waals surface area contributed by atoms with Crippen molar-refractivity contribution in [2.75, 3.05) is 26.2 Å². The van der Waals surface area contributed by atoms with Gasteiger partial charge in [-0.2, -0.15) is 0 Å². The molecule has 0 saturated carbocycles. The third kappa shape index (κ3) is 3.21. The fraction of sp³-hybridized carbons (Fsp3) is 0.625. The Kier molecular flexibility index (Phi) is 3.62. The monoisotopic (exact) mass is 214 g/mol. The van der Waals surface area contributed by atoms with Gasteiger partial charge in [-0.3, -0.25) is 14.4 Å². The van der Waals surface area contributed by atoms with E-state index in [0.717, 1.165) is 4.90 Å². The molecular formula is C8H14N4O3. The molecule has 0 unspecified atom stereocenters. The second kappa shape index (κ2) is 4.74. The third-order valence-corrected chi connectivity index (χ3v) is 2.14. The Bertz CT molecular complexity index is 272. The highest BCUT2D eigenvalue weighted by atomic mass is 16.2. The van der Waals surface area contributed by atoms with Crippen molar-refractivity contribution in [3.8, 4) is 0 Å². The van der Waals surface area contributed by atoms with E-state index in [-0.39, 0.29) is 24.9 Å². The first-order valence-electron chi connectivity index (χ1n) is 4.57. The van der Waals surface area contributed by atoms with Crippen LogP contribution >= 0.6 is 0 Å². The van der Waals surface area contributed by atoms with Crippen molar-refractivity contribution in [1.82, 2.24) is 10.2 Å². The summed E-state index contributed by atoms with van der Waals surface area (Å²) in [5.41, 5.74) is 9.93. The Morgan fingerprint density at radius 3 is 1.87 bits per heavy atom. The number of hydrogen-bond acceptors (Lipinski definition) is 4. The van der Waals surface area contributed by atoms with Crippen LogP contribution in [-0.2, 0) is 14.4 Å².